The molecule has 44 heavy (non-hydrogen) atoms. The van der Waals surface area contributed by atoms with Gasteiger partial charge in [0.25, 0.3) is 5.91 Å². The van der Waals surface area contributed by atoms with E-state index >= 15 is 0 Å². The zero-order valence-corrected chi connectivity index (χ0v) is 27.4. The quantitative estimate of drug-likeness (QED) is 0.181. The molecule has 0 unspecified atom stereocenters. The molecule has 0 aromatic heterocycles. The van der Waals surface area contributed by atoms with Crippen LogP contribution in [0.3, 0.4) is 0 Å². The van der Waals surface area contributed by atoms with Crippen molar-refractivity contribution in [2.24, 2.45) is 4.99 Å². The van der Waals surface area contributed by atoms with Gasteiger partial charge in [-0.05, 0) is 105 Å². The second-order valence-corrected chi connectivity index (χ2v) is 13.7. The van der Waals surface area contributed by atoms with Crippen molar-refractivity contribution in [1.82, 2.24) is 10.6 Å². The number of carbonyl (C=O) groups is 1. The molecule has 0 bridgehead atoms. The number of nitrogens with one attached hydrogen (secondary N) is 2. The van der Waals surface area contributed by atoms with Crippen LogP contribution in [0.5, 0.6) is 11.5 Å². The first-order valence-corrected chi connectivity index (χ1v) is 16.0. The molecule has 2 aliphatic heterocycles. The number of aliphatic hydroxyl groups excluding tert-OH is 1. The molecule has 4 aromatic rings. The summed E-state index contributed by atoms with van der Waals surface area (Å²) in [5.41, 5.74) is 3.26. The highest BCUT2D eigenvalue weighted by atomic mass is 79.9. The average Bonchev–Trinajstić information content (AvgIpc) is 3.36. The van der Waals surface area contributed by atoms with Crippen LogP contribution in [0.1, 0.15) is 59.3 Å². The third kappa shape index (κ3) is 5.92. The molecule has 3 atom stereocenters. The number of hydrogen-bond acceptors (Lipinski definition) is 5. The fourth-order valence-electron chi connectivity index (χ4n) is 6.30. The van der Waals surface area contributed by atoms with Crippen molar-refractivity contribution >= 4 is 56.9 Å². The zero-order valence-electron chi connectivity index (χ0n) is 24.3. The maximum atomic E-state index is 12.7. The van der Waals surface area contributed by atoms with Crippen LogP contribution in [-0.2, 0) is 5.41 Å². The second kappa shape index (κ2) is 12.3. The van der Waals surface area contributed by atoms with E-state index in [1.807, 2.05) is 36.4 Å². The van der Waals surface area contributed by atoms with Crippen molar-refractivity contribution in [3.05, 3.63) is 122 Å². The summed E-state index contributed by atoms with van der Waals surface area (Å²) in [5.74, 6) is 1.09. The number of fused-ring (bicyclic) bond motifs is 2. The molecule has 4 aromatic carbocycles. The standard InChI is InChI=1S/C35H32BrCl2N3O3/c1-34(2,20-42)41-33(43)21-6-10-26(11-7-21)44-31-13-8-23(36)17-27(31)32-35(19-40-30-18-25(38)9-12-29(30)35)28(14-15-39-32)22-4-3-5-24(37)16-22/h3-13,16-19,28,32,39,42H,14-15,20H2,1-2H3,(H,41,43)/t28-,32-,35-/m0/s1. The molecule has 9 heteroatoms. The van der Waals surface area contributed by atoms with Crippen molar-refractivity contribution in [2.75, 3.05) is 13.2 Å². The first kappa shape index (κ1) is 30.8. The number of aliphatic imine (C=N–C) groups is 1. The van der Waals surface area contributed by atoms with E-state index < -0.39 is 11.0 Å². The lowest BCUT2D eigenvalue weighted by molar-refractivity contribution is 0.0869. The Kier molecular flexibility index (Phi) is 8.61. The number of hydrogen-bond donors (Lipinski definition) is 3. The molecule has 0 saturated carbocycles. The molecule has 0 aliphatic carbocycles. The summed E-state index contributed by atoms with van der Waals surface area (Å²) >= 11 is 16.6. The van der Waals surface area contributed by atoms with Gasteiger partial charge in [-0.3, -0.25) is 9.79 Å². The number of ether oxygens (including phenoxy) is 1. The van der Waals surface area contributed by atoms with Gasteiger partial charge < -0.3 is 20.5 Å². The topological polar surface area (TPSA) is 83.0 Å². The molecule has 6 rings (SSSR count). The van der Waals surface area contributed by atoms with Crippen LogP contribution in [0.25, 0.3) is 0 Å². The summed E-state index contributed by atoms with van der Waals surface area (Å²) in [7, 11) is 0. The minimum atomic E-state index is -0.724. The number of halogens is 3. The molecular formula is C35H32BrCl2N3O3. The van der Waals surface area contributed by atoms with E-state index in [2.05, 4.69) is 57.0 Å². The van der Waals surface area contributed by atoms with E-state index in [0.29, 0.717) is 27.1 Å². The Morgan fingerprint density at radius 1 is 1.07 bits per heavy atom. The lowest BCUT2D eigenvalue weighted by Crippen LogP contribution is -2.51. The van der Waals surface area contributed by atoms with Gasteiger partial charge in [-0.2, -0.15) is 0 Å². The molecule has 1 amide bonds. The highest BCUT2D eigenvalue weighted by Gasteiger charge is 2.53. The molecule has 1 saturated heterocycles. The van der Waals surface area contributed by atoms with E-state index in [9.17, 15) is 9.90 Å². The monoisotopic (exact) mass is 691 g/mol. The second-order valence-electron chi connectivity index (χ2n) is 11.9. The summed E-state index contributed by atoms with van der Waals surface area (Å²) in [5, 5.41) is 17.5. The number of piperidine rings is 1. The van der Waals surface area contributed by atoms with Gasteiger partial charge in [-0.1, -0.05) is 57.3 Å². The molecule has 2 aliphatic rings. The Bertz CT molecular complexity index is 1740. The predicted molar refractivity (Wildman–Crippen MR) is 180 cm³/mol. The van der Waals surface area contributed by atoms with E-state index in [1.54, 1.807) is 38.1 Å². The van der Waals surface area contributed by atoms with E-state index in [1.165, 1.54) is 0 Å². The number of carbonyl (C=O) groups excluding carboxylic acids is 1. The minimum Gasteiger partial charge on any atom is -0.457 e. The number of benzene rings is 4. The van der Waals surface area contributed by atoms with Gasteiger partial charge in [0.15, 0.2) is 0 Å². The number of amides is 1. The maximum Gasteiger partial charge on any atom is 0.251 e. The molecule has 1 spiro atoms. The largest absolute Gasteiger partial charge is 0.457 e. The fourth-order valence-corrected chi connectivity index (χ4v) is 7.05. The van der Waals surface area contributed by atoms with Gasteiger partial charge >= 0.3 is 0 Å². The average molecular weight is 693 g/mol. The number of aliphatic hydroxyl groups is 1. The Labute approximate surface area is 275 Å². The highest BCUT2D eigenvalue weighted by Crippen LogP contribution is 2.57. The first-order chi connectivity index (χ1) is 21.1. The summed E-state index contributed by atoms with van der Waals surface area (Å²) in [6.07, 6.45) is 2.95. The van der Waals surface area contributed by atoms with Crippen LogP contribution in [0.4, 0.5) is 5.69 Å². The molecular weight excluding hydrogens is 661 g/mol. The van der Waals surface area contributed by atoms with Crippen molar-refractivity contribution in [3.63, 3.8) is 0 Å². The van der Waals surface area contributed by atoms with Crippen LogP contribution in [-0.4, -0.2) is 35.9 Å². The molecule has 226 valence electrons. The normalized spacial score (nSPS) is 20.9. The zero-order chi connectivity index (χ0) is 31.1. The van der Waals surface area contributed by atoms with E-state index in [-0.39, 0.29) is 24.5 Å². The maximum absolute atomic E-state index is 12.7. The number of rotatable bonds is 7. The van der Waals surface area contributed by atoms with Crippen molar-refractivity contribution in [1.29, 1.82) is 0 Å². The fraction of sp³-hybridized carbons (Fsp3) is 0.257. The predicted octanol–water partition coefficient (Wildman–Crippen LogP) is 8.52. The Morgan fingerprint density at radius 2 is 1.84 bits per heavy atom. The summed E-state index contributed by atoms with van der Waals surface area (Å²) in [6, 6.07) is 26.8. The Balaban J connectivity index is 1.40. The minimum absolute atomic E-state index is 0.0754. The van der Waals surface area contributed by atoms with E-state index in [0.717, 1.165) is 39.8 Å². The van der Waals surface area contributed by atoms with Gasteiger partial charge in [0.2, 0.25) is 0 Å². The summed E-state index contributed by atoms with van der Waals surface area (Å²) in [6.45, 7) is 4.15. The molecule has 0 radical (unpaired) electrons. The third-order valence-electron chi connectivity index (χ3n) is 8.40. The third-order valence-corrected chi connectivity index (χ3v) is 9.37. The van der Waals surface area contributed by atoms with Crippen molar-refractivity contribution in [2.45, 2.75) is 43.2 Å². The summed E-state index contributed by atoms with van der Waals surface area (Å²) in [4.78, 5) is 17.6. The highest BCUT2D eigenvalue weighted by molar-refractivity contribution is 9.10. The lowest BCUT2D eigenvalue weighted by atomic mass is 9.60. The molecule has 6 nitrogen and oxygen atoms in total. The van der Waals surface area contributed by atoms with Gasteiger partial charge in [0, 0.05) is 37.8 Å². The van der Waals surface area contributed by atoms with E-state index in [4.69, 9.17) is 32.9 Å². The Hall–Kier alpha value is -3.20. The van der Waals surface area contributed by atoms with Crippen LogP contribution in [0.2, 0.25) is 10.0 Å². The molecule has 1 fully saturated rings. The van der Waals surface area contributed by atoms with Crippen molar-refractivity contribution in [3.8, 4) is 11.5 Å². The SMILES string of the molecule is CC(C)(CO)NC(=O)c1ccc(Oc2ccc(Br)cc2[C@@H]2NCC[C@@H](c3cccc(Cl)c3)[C@]23C=Nc2cc(Cl)ccc23)cc1. The van der Waals surface area contributed by atoms with Crippen LogP contribution < -0.4 is 15.4 Å². The van der Waals surface area contributed by atoms with Gasteiger partial charge in [-0.25, -0.2) is 0 Å². The summed E-state index contributed by atoms with van der Waals surface area (Å²) < 4.78 is 7.45. The van der Waals surface area contributed by atoms with Gasteiger partial charge in [0.1, 0.15) is 11.5 Å². The molecule has 3 N–H and O–H groups in total. The van der Waals surface area contributed by atoms with Crippen LogP contribution >= 0.6 is 39.1 Å². The Morgan fingerprint density at radius 3 is 2.59 bits per heavy atom. The lowest BCUT2D eigenvalue weighted by Gasteiger charge is -2.47. The van der Waals surface area contributed by atoms with Crippen molar-refractivity contribution < 1.29 is 14.6 Å². The first-order valence-electron chi connectivity index (χ1n) is 14.4. The number of nitrogens with zero attached hydrogens (tertiary/aromatic N) is 1. The van der Waals surface area contributed by atoms with Crippen LogP contribution in [0, 0.1) is 0 Å². The van der Waals surface area contributed by atoms with Gasteiger partial charge in [-0.15, -0.1) is 0 Å². The smallest absolute Gasteiger partial charge is 0.251 e. The van der Waals surface area contributed by atoms with Crippen LogP contribution in [0.15, 0.2) is 94.4 Å². The van der Waals surface area contributed by atoms with Gasteiger partial charge in [0.05, 0.1) is 29.3 Å². The molecule has 2 heterocycles.